The molecule has 0 bridgehead atoms. The van der Waals surface area contributed by atoms with Crippen LogP contribution in [0.2, 0.25) is 0 Å². The molecule has 0 aliphatic carbocycles. The molecule has 0 N–H and O–H groups in total. The molecule has 1 aliphatic heterocycles. The third kappa shape index (κ3) is 4.26. The molecule has 1 heterocycles. The minimum absolute atomic E-state index is 0.142. The monoisotopic (exact) mass is 350 g/mol. The van der Waals surface area contributed by atoms with Crippen molar-refractivity contribution in [3.63, 3.8) is 0 Å². The zero-order valence-corrected chi connectivity index (χ0v) is 16.0. The van der Waals surface area contributed by atoms with Gasteiger partial charge in [-0.2, -0.15) is 0 Å². The number of hydrogen-bond donors (Lipinski definition) is 0. The minimum Gasteiger partial charge on any atom is -0.464 e. The Kier molecular flexibility index (Phi) is 6.42. The second-order valence-electron chi connectivity index (χ2n) is 7.96. The Morgan fingerprint density at radius 2 is 1.71 bits per heavy atom. The van der Waals surface area contributed by atoms with Gasteiger partial charge in [0.2, 0.25) is 0 Å². The van der Waals surface area contributed by atoms with Crippen molar-refractivity contribution in [1.82, 2.24) is 0 Å². The van der Waals surface area contributed by atoms with E-state index in [1.54, 1.807) is 34.6 Å². The van der Waals surface area contributed by atoms with Crippen LogP contribution in [0.3, 0.4) is 0 Å². The number of carbonyl (C=O) groups is 1. The Morgan fingerprint density at radius 3 is 2.12 bits per heavy atom. The summed E-state index contributed by atoms with van der Waals surface area (Å²) in [6.07, 6.45) is 0.583. The molecule has 4 nitrogen and oxygen atoms in total. The summed E-state index contributed by atoms with van der Waals surface area (Å²) < 4.78 is 45.8. The average Bonchev–Trinajstić information content (AvgIpc) is 2.54. The van der Waals surface area contributed by atoms with Crippen molar-refractivity contribution in [1.29, 1.82) is 0 Å². The normalized spacial score (nSPS) is 24.0. The summed E-state index contributed by atoms with van der Waals surface area (Å²) in [5.41, 5.74) is -2.38. The maximum atomic E-state index is 14.7. The first-order chi connectivity index (χ1) is 10.8. The average molecular weight is 350 g/mol. The predicted molar refractivity (Wildman–Crippen MR) is 87.8 cm³/mol. The molecule has 0 saturated carbocycles. The molecule has 0 radical (unpaired) electrons. The van der Waals surface area contributed by atoms with Crippen molar-refractivity contribution in [2.45, 2.75) is 73.0 Å². The van der Waals surface area contributed by atoms with Crippen LogP contribution in [0, 0.1) is 16.7 Å². The van der Waals surface area contributed by atoms with Crippen LogP contribution in [0.4, 0.5) is 8.78 Å². The Labute approximate surface area is 144 Å². The highest BCUT2D eigenvalue weighted by molar-refractivity contribution is 5.77. The first-order valence-corrected chi connectivity index (χ1v) is 8.66. The molecule has 0 spiro atoms. The number of ether oxygens (including phenoxy) is 3. The van der Waals surface area contributed by atoms with Gasteiger partial charge in [-0.15, -0.1) is 0 Å². The Bertz CT molecular complexity index is 440. The number of halogens is 2. The largest absolute Gasteiger partial charge is 0.464 e. The van der Waals surface area contributed by atoms with Crippen molar-refractivity contribution in [2.24, 2.45) is 16.7 Å². The number of alkyl halides is 2. The summed E-state index contributed by atoms with van der Waals surface area (Å²) in [4.78, 5) is 12.4. The molecule has 2 unspecified atom stereocenters. The van der Waals surface area contributed by atoms with Crippen LogP contribution < -0.4 is 0 Å². The maximum Gasteiger partial charge on any atom is 0.316 e. The smallest absolute Gasteiger partial charge is 0.316 e. The van der Waals surface area contributed by atoms with Gasteiger partial charge in [-0.05, 0) is 33.6 Å². The molecular weight excluding hydrogens is 318 g/mol. The van der Waals surface area contributed by atoms with Crippen LogP contribution in [0.5, 0.6) is 0 Å². The predicted octanol–water partition coefficient (Wildman–Crippen LogP) is 4.42. The van der Waals surface area contributed by atoms with Crippen molar-refractivity contribution in [3.8, 4) is 0 Å². The van der Waals surface area contributed by atoms with Gasteiger partial charge in [-0.1, -0.05) is 27.7 Å². The Hall–Kier alpha value is -0.750. The van der Waals surface area contributed by atoms with Gasteiger partial charge >= 0.3 is 5.97 Å². The number of hydrogen-bond acceptors (Lipinski definition) is 4. The van der Waals surface area contributed by atoms with E-state index >= 15 is 0 Å². The maximum absolute atomic E-state index is 14.7. The third-order valence-electron chi connectivity index (χ3n) is 5.31. The molecule has 1 saturated heterocycles. The summed E-state index contributed by atoms with van der Waals surface area (Å²) >= 11 is 0. The van der Waals surface area contributed by atoms with Crippen LogP contribution in [0.15, 0.2) is 0 Å². The quantitative estimate of drug-likeness (QED) is 0.638. The lowest BCUT2D eigenvalue weighted by Gasteiger charge is -2.42. The van der Waals surface area contributed by atoms with E-state index in [9.17, 15) is 13.6 Å². The fourth-order valence-electron chi connectivity index (χ4n) is 2.55. The van der Waals surface area contributed by atoms with Crippen molar-refractivity contribution < 1.29 is 27.8 Å². The molecule has 0 aromatic carbocycles. The van der Waals surface area contributed by atoms with E-state index in [2.05, 4.69) is 0 Å². The Balaban J connectivity index is 2.77. The molecule has 142 valence electrons. The van der Waals surface area contributed by atoms with E-state index in [4.69, 9.17) is 14.2 Å². The van der Waals surface area contributed by atoms with E-state index < -0.39 is 34.4 Å². The Morgan fingerprint density at radius 1 is 1.21 bits per heavy atom. The fraction of sp³-hybridized carbons (Fsp3) is 0.944. The summed E-state index contributed by atoms with van der Waals surface area (Å²) in [6.45, 7) is 11.6. The standard InChI is InChI=1S/C18H32F2O4/c1-8-13(3)18(19,20)17(7,9-2)12-22-14(21)16(6)10-23-15(4,5)24-11-16/h13H,8-12H2,1-7H3. The van der Waals surface area contributed by atoms with Gasteiger partial charge in [-0.25, -0.2) is 8.78 Å². The third-order valence-corrected chi connectivity index (χ3v) is 5.31. The summed E-state index contributed by atoms with van der Waals surface area (Å²) in [6, 6.07) is 0. The topological polar surface area (TPSA) is 44.8 Å². The fourth-order valence-corrected chi connectivity index (χ4v) is 2.55. The van der Waals surface area contributed by atoms with Gasteiger partial charge in [0.05, 0.1) is 18.6 Å². The van der Waals surface area contributed by atoms with Crippen molar-refractivity contribution >= 4 is 5.97 Å². The molecule has 0 amide bonds. The van der Waals surface area contributed by atoms with Crippen LogP contribution in [-0.4, -0.2) is 37.5 Å². The zero-order chi connectivity index (χ0) is 18.8. The van der Waals surface area contributed by atoms with Crippen LogP contribution in [0.25, 0.3) is 0 Å². The van der Waals surface area contributed by atoms with Gasteiger partial charge in [0, 0.05) is 5.92 Å². The van der Waals surface area contributed by atoms with Crippen LogP contribution in [0.1, 0.15) is 61.3 Å². The molecule has 0 aromatic rings. The number of carbonyl (C=O) groups excluding carboxylic acids is 1. The lowest BCUT2D eigenvalue weighted by molar-refractivity contribution is -0.282. The summed E-state index contributed by atoms with van der Waals surface area (Å²) in [7, 11) is 0. The van der Waals surface area contributed by atoms with Crippen molar-refractivity contribution in [2.75, 3.05) is 19.8 Å². The first-order valence-electron chi connectivity index (χ1n) is 8.66. The lowest BCUT2D eigenvalue weighted by Crippen LogP contribution is -2.51. The molecule has 0 aromatic heterocycles. The minimum atomic E-state index is -2.92. The highest BCUT2D eigenvalue weighted by Gasteiger charge is 2.53. The van der Waals surface area contributed by atoms with E-state index in [1.807, 2.05) is 0 Å². The van der Waals surface area contributed by atoms with Gasteiger partial charge in [-0.3, -0.25) is 4.79 Å². The van der Waals surface area contributed by atoms with Gasteiger partial charge < -0.3 is 14.2 Å². The number of esters is 1. The van der Waals surface area contributed by atoms with E-state index in [-0.39, 0.29) is 26.2 Å². The van der Waals surface area contributed by atoms with E-state index in [1.165, 1.54) is 13.8 Å². The zero-order valence-electron chi connectivity index (χ0n) is 16.0. The van der Waals surface area contributed by atoms with E-state index in [0.29, 0.717) is 6.42 Å². The highest BCUT2D eigenvalue weighted by Crippen LogP contribution is 2.46. The van der Waals surface area contributed by atoms with Crippen LogP contribution >= 0.6 is 0 Å². The molecule has 2 atom stereocenters. The molecule has 1 rings (SSSR count). The second kappa shape index (κ2) is 7.24. The van der Waals surface area contributed by atoms with Gasteiger partial charge in [0.1, 0.15) is 12.0 Å². The molecule has 1 fully saturated rings. The highest BCUT2D eigenvalue weighted by atomic mass is 19.3. The molecular formula is C18H32F2O4. The van der Waals surface area contributed by atoms with Gasteiger partial charge in [0.15, 0.2) is 5.79 Å². The molecule has 1 aliphatic rings. The molecule has 6 heteroatoms. The van der Waals surface area contributed by atoms with Crippen LogP contribution in [-0.2, 0) is 19.0 Å². The number of rotatable bonds is 7. The first kappa shape index (κ1) is 21.3. The summed E-state index contributed by atoms with van der Waals surface area (Å²) in [5.74, 6) is -5.00. The van der Waals surface area contributed by atoms with E-state index in [0.717, 1.165) is 0 Å². The van der Waals surface area contributed by atoms with Crippen molar-refractivity contribution in [3.05, 3.63) is 0 Å². The van der Waals surface area contributed by atoms with Gasteiger partial charge in [0.25, 0.3) is 5.92 Å². The SMILES string of the molecule is CCC(C)C(F)(F)C(C)(CC)COC(=O)C1(C)COC(C)(C)OC1. The molecule has 24 heavy (non-hydrogen) atoms. The lowest BCUT2D eigenvalue weighted by atomic mass is 9.75. The second-order valence-corrected chi connectivity index (χ2v) is 7.96. The summed E-state index contributed by atoms with van der Waals surface area (Å²) in [5, 5.41) is 0.